The number of pyridine rings is 1. The van der Waals surface area contributed by atoms with Crippen LogP contribution in [0.4, 0.5) is 0 Å². The molecule has 0 saturated carbocycles. The van der Waals surface area contributed by atoms with Crippen molar-refractivity contribution >= 4 is 67.4 Å². The fourth-order valence-corrected chi connectivity index (χ4v) is 2.67. The number of ketones is 1. The monoisotopic (exact) mass is 370 g/mol. The van der Waals surface area contributed by atoms with E-state index in [0.29, 0.717) is 9.86 Å². The Morgan fingerprint density at radius 3 is 2.61 bits per heavy atom. The second kappa shape index (κ2) is 4.56. The average Bonchev–Trinajstić information content (AvgIpc) is 2.68. The van der Waals surface area contributed by atoms with Gasteiger partial charge in [0.25, 0.3) is 9.35 Å². The summed E-state index contributed by atoms with van der Waals surface area (Å²) in [5.74, 6) is -0.687. The summed E-state index contributed by atoms with van der Waals surface area (Å²) in [6.07, 6.45) is 2.91. The summed E-state index contributed by atoms with van der Waals surface area (Å²) >= 11 is 20.0. The number of aromatic amines is 1. The molecule has 0 aliphatic carbocycles. The van der Waals surface area contributed by atoms with Crippen LogP contribution in [0.5, 0.6) is 0 Å². The number of aromatic nitrogens is 2. The number of H-pyrrole nitrogens is 1. The molecule has 0 unspecified atom stereocenters. The smallest absolute Gasteiger partial charge is 0.274 e. The molecule has 18 heavy (non-hydrogen) atoms. The summed E-state index contributed by atoms with van der Waals surface area (Å²) in [5, 5.41) is 0.412. The molecule has 0 aliphatic rings. The highest BCUT2D eigenvalue weighted by atomic mass is 79.9. The van der Waals surface area contributed by atoms with E-state index in [1.165, 1.54) is 10.8 Å². The summed E-state index contributed by atoms with van der Waals surface area (Å²) in [4.78, 5) is 26.5. The largest absolute Gasteiger partial charge is 0.356 e. The van der Waals surface area contributed by atoms with Gasteiger partial charge in [-0.1, -0.05) is 34.8 Å². The zero-order valence-corrected chi connectivity index (χ0v) is 12.8. The predicted molar refractivity (Wildman–Crippen MR) is 75.9 cm³/mol. The Labute approximate surface area is 125 Å². The minimum atomic E-state index is -2.06. The lowest BCUT2D eigenvalue weighted by atomic mass is 10.1. The third kappa shape index (κ3) is 2.20. The molecule has 2 aromatic heterocycles. The SMILES string of the molecule is Cn1cc(Br)c2c(C(=O)C(Cl)(Cl)Cl)c[nH]c2c1=O. The topological polar surface area (TPSA) is 54.9 Å². The number of fused-ring (bicyclic) bond motifs is 1. The Morgan fingerprint density at radius 1 is 1.44 bits per heavy atom. The van der Waals surface area contributed by atoms with Crippen LogP contribution in [0, 0.1) is 0 Å². The van der Waals surface area contributed by atoms with Crippen molar-refractivity contribution in [2.45, 2.75) is 3.79 Å². The number of carbonyl (C=O) groups is 1. The van der Waals surface area contributed by atoms with Crippen LogP contribution in [0.25, 0.3) is 10.9 Å². The van der Waals surface area contributed by atoms with Gasteiger partial charge in [-0.15, -0.1) is 0 Å². The highest BCUT2D eigenvalue weighted by Gasteiger charge is 2.34. The van der Waals surface area contributed by atoms with Crippen LogP contribution in [-0.2, 0) is 7.05 Å². The van der Waals surface area contributed by atoms with Crippen LogP contribution >= 0.6 is 50.7 Å². The van der Waals surface area contributed by atoms with Crippen LogP contribution in [0.1, 0.15) is 10.4 Å². The Hall–Kier alpha value is -0.490. The number of Topliss-reactive ketones (excluding diaryl/α,β-unsaturated/α-hetero) is 1. The van der Waals surface area contributed by atoms with Gasteiger partial charge in [0, 0.05) is 34.9 Å². The van der Waals surface area contributed by atoms with Gasteiger partial charge in [-0.05, 0) is 15.9 Å². The molecule has 0 aromatic carbocycles. The molecule has 1 N–H and O–H groups in total. The lowest BCUT2D eigenvalue weighted by Gasteiger charge is -2.09. The highest BCUT2D eigenvalue weighted by molar-refractivity contribution is 9.10. The molecule has 2 aromatic rings. The Balaban J connectivity index is 2.81. The molecule has 8 heteroatoms. The van der Waals surface area contributed by atoms with Crippen molar-refractivity contribution in [3.8, 4) is 0 Å². The number of nitrogens with one attached hydrogen (secondary N) is 1. The first-order valence-electron chi connectivity index (χ1n) is 4.71. The number of nitrogens with zero attached hydrogens (tertiary/aromatic N) is 1. The van der Waals surface area contributed by atoms with Gasteiger partial charge in [0.05, 0.1) is 0 Å². The van der Waals surface area contributed by atoms with Crippen molar-refractivity contribution in [3.63, 3.8) is 0 Å². The summed E-state index contributed by atoms with van der Waals surface area (Å²) < 4.78 is -0.110. The molecule has 2 heterocycles. The number of hydrogen-bond donors (Lipinski definition) is 1. The molecule has 0 bridgehead atoms. The Morgan fingerprint density at radius 2 is 2.06 bits per heavy atom. The van der Waals surface area contributed by atoms with Gasteiger partial charge in [0.15, 0.2) is 0 Å². The molecule has 0 saturated heterocycles. The maximum Gasteiger partial charge on any atom is 0.274 e. The third-order valence-electron chi connectivity index (χ3n) is 2.46. The molecule has 96 valence electrons. The van der Waals surface area contributed by atoms with Gasteiger partial charge in [-0.25, -0.2) is 0 Å². The first-order valence-corrected chi connectivity index (χ1v) is 6.64. The van der Waals surface area contributed by atoms with E-state index < -0.39 is 9.58 Å². The van der Waals surface area contributed by atoms with Crippen LogP contribution in [0.15, 0.2) is 21.7 Å². The van der Waals surface area contributed by atoms with Crippen molar-refractivity contribution in [2.75, 3.05) is 0 Å². The lowest BCUT2D eigenvalue weighted by Crippen LogP contribution is -2.20. The quantitative estimate of drug-likeness (QED) is 0.617. The third-order valence-corrected chi connectivity index (χ3v) is 3.58. The zero-order chi connectivity index (χ0) is 13.7. The minimum Gasteiger partial charge on any atom is -0.356 e. The van der Waals surface area contributed by atoms with E-state index in [9.17, 15) is 9.59 Å². The van der Waals surface area contributed by atoms with Crippen molar-refractivity contribution < 1.29 is 4.79 Å². The molecular formula is C10H6BrCl3N2O2. The van der Waals surface area contributed by atoms with Gasteiger partial charge >= 0.3 is 0 Å². The zero-order valence-electron chi connectivity index (χ0n) is 8.93. The van der Waals surface area contributed by atoms with Gasteiger partial charge < -0.3 is 9.55 Å². The number of alkyl halides is 3. The standard InChI is InChI=1S/C10H6BrCl3N2O2/c1-16-3-5(11)6-4(8(17)10(12,13)14)2-15-7(6)9(16)18/h2-3,15H,1H3. The van der Waals surface area contributed by atoms with Crippen LogP contribution in [-0.4, -0.2) is 19.1 Å². The second-order valence-corrected chi connectivity index (χ2v) is 6.81. The molecule has 0 radical (unpaired) electrons. The van der Waals surface area contributed by atoms with Crippen molar-refractivity contribution in [3.05, 3.63) is 32.8 Å². The first kappa shape index (κ1) is 13.9. The van der Waals surface area contributed by atoms with E-state index in [2.05, 4.69) is 20.9 Å². The van der Waals surface area contributed by atoms with Gasteiger partial charge in [-0.2, -0.15) is 0 Å². The summed E-state index contributed by atoms with van der Waals surface area (Å²) in [7, 11) is 1.60. The summed E-state index contributed by atoms with van der Waals surface area (Å²) in [6, 6.07) is 0. The normalized spacial score (nSPS) is 12.1. The molecule has 0 atom stereocenters. The van der Waals surface area contributed by atoms with Crippen LogP contribution in [0.3, 0.4) is 0 Å². The van der Waals surface area contributed by atoms with Gasteiger partial charge in [0.2, 0.25) is 5.78 Å². The number of rotatable bonds is 1. The number of carbonyl (C=O) groups excluding carboxylic acids is 1. The summed E-state index contributed by atoms with van der Waals surface area (Å²) in [6.45, 7) is 0. The molecule has 0 aliphatic heterocycles. The first-order chi connectivity index (χ1) is 8.23. The Bertz CT molecular complexity index is 699. The van der Waals surface area contributed by atoms with Crippen molar-refractivity contribution in [2.24, 2.45) is 7.05 Å². The molecule has 0 amide bonds. The predicted octanol–water partition coefficient (Wildman–Crippen LogP) is 3.18. The van der Waals surface area contributed by atoms with E-state index in [1.807, 2.05) is 0 Å². The molecule has 0 spiro atoms. The number of halogens is 4. The Kier molecular flexibility index (Phi) is 3.53. The summed E-state index contributed by atoms with van der Waals surface area (Å²) in [5.41, 5.74) is 0.176. The van der Waals surface area contributed by atoms with E-state index in [4.69, 9.17) is 34.8 Å². The highest BCUT2D eigenvalue weighted by Crippen LogP contribution is 2.34. The maximum absolute atomic E-state index is 11.9. The number of hydrogen-bond acceptors (Lipinski definition) is 2. The fraction of sp³-hybridized carbons (Fsp3) is 0.200. The van der Waals surface area contributed by atoms with Gasteiger partial charge in [-0.3, -0.25) is 9.59 Å². The van der Waals surface area contributed by atoms with E-state index in [0.717, 1.165) is 0 Å². The molecule has 2 rings (SSSR count). The second-order valence-electron chi connectivity index (χ2n) is 3.67. The molecule has 4 nitrogen and oxygen atoms in total. The molecular weight excluding hydrogens is 366 g/mol. The van der Waals surface area contributed by atoms with E-state index in [-0.39, 0.29) is 16.6 Å². The lowest BCUT2D eigenvalue weighted by molar-refractivity contribution is 0.0998. The maximum atomic E-state index is 11.9. The van der Waals surface area contributed by atoms with Crippen molar-refractivity contribution in [1.29, 1.82) is 0 Å². The molecule has 0 fully saturated rings. The number of aryl methyl sites for hydroxylation is 1. The van der Waals surface area contributed by atoms with Crippen molar-refractivity contribution in [1.82, 2.24) is 9.55 Å². The van der Waals surface area contributed by atoms with Crippen LogP contribution < -0.4 is 5.56 Å². The average molecular weight is 372 g/mol. The van der Waals surface area contributed by atoms with E-state index >= 15 is 0 Å². The van der Waals surface area contributed by atoms with Crippen LogP contribution in [0.2, 0.25) is 0 Å². The van der Waals surface area contributed by atoms with Gasteiger partial charge in [0.1, 0.15) is 5.52 Å². The van der Waals surface area contributed by atoms with E-state index in [1.54, 1.807) is 13.2 Å². The fourth-order valence-electron chi connectivity index (χ4n) is 1.64. The minimum absolute atomic E-state index is 0.162.